The molecule has 0 aliphatic heterocycles. The molecular formula is C10H22N2O2. The highest BCUT2D eigenvalue weighted by molar-refractivity contribution is 5.73. The minimum Gasteiger partial charge on any atom is -0.388 e. The summed E-state index contributed by atoms with van der Waals surface area (Å²) in [6.07, 6.45) is 2.22. The highest BCUT2D eigenvalue weighted by Gasteiger charge is 2.22. The van der Waals surface area contributed by atoms with Crippen molar-refractivity contribution in [1.29, 1.82) is 0 Å². The summed E-state index contributed by atoms with van der Waals surface area (Å²) in [4.78, 5) is 11.1. The lowest BCUT2D eigenvalue weighted by Gasteiger charge is -2.25. The molecule has 0 aliphatic carbocycles. The molecule has 3 N–H and O–H groups in total. The molecule has 0 aliphatic rings. The van der Waals surface area contributed by atoms with E-state index in [-0.39, 0.29) is 6.03 Å². The Balaban J connectivity index is 3.74. The summed E-state index contributed by atoms with van der Waals surface area (Å²) in [7, 11) is 0. The summed E-state index contributed by atoms with van der Waals surface area (Å²) in [6, 6.07) is -0.202. The first-order valence-corrected chi connectivity index (χ1v) is 5.32. The van der Waals surface area contributed by atoms with Gasteiger partial charge in [0.05, 0.1) is 5.60 Å². The average Bonchev–Trinajstić information content (AvgIpc) is 2.23. The van der Waals surface area contributed by atoms with Crippen molar-refractivity contribution in [3.05, 3.63) is 0 Å². The van der Waals surface area contributed by atoms with E-state index in [1.54, 1.807) is 0 Å². The Morgan fingerprint density at radius 1 is 1.21 bits per heavy atom. The van der Waals surface area contributed by atoms with Crippen LogP contribution in [0.15, 0.2) is 0 Å². The molecule has 0 bridgehead atoms. The van der Waals surface area contributed by atoms with Crippen LogP contribution in [0.3, 0.4) is 0 Å². The van der Waals surface area contributed by atoms with E-state index in [9.17, 15) is 9.90 Å². The molecule has 0 aromatic rings. The van der Waals surface area contributed by atoms with Gasteiger partial charge in [-0.15, -0.1) is 0 Å². The number of aliphatic hydroxyl groups is 1. The van der Waals surface area contributed by atoms with Crippen molar-refractivity contribution >= 4 is 6.03 Å². The minimum absolute atomic E-state index is 0.202. The molecule has 0 spiro atoms. The third-order valence-electron chi connectivity index (χ3n) is 2.43. The molecule has 4 nitrogen and oxygen atoms in total. The largest absolute Gasteiger partial charge is 0.388 e. The van der Waals surface area contributed by atoms with Gasteiger partial charge >= 0.3 is 6.03 Å². The van der Waals surface area contributed by atoms with E-state index in [4.69, 9.17) is 0 Å². The van der Waals surface area contributed by atoms with Crippen molar-refractivity contribution in [2.45, 2.75) is 45.6 Å². The van der Waals surface area contributed by atoms with Gasteiger partial charge in [0, 0.05) is 13.1 Å². The SMILES string of the molecule is CCCNC(=O)NCC(O)(CC)CC. The van der Waals surface area contributed by atoms with Crippen molar-refractivity contribution in [3.8, 4) is 0 Å². The molecule has 0 fully saturated rings. The molecular weight excluding hydrogens is 180 g/mol. The smallest absolute Gasteiger partial charge is 0.314 e. The summed E-state index contributed by atoms with van der Waals surface area (Å²) >= 11 is 0. The monoisotopic (exact) mass is 202 g/mol. The second kappa shape index (κ2) is 6.65. The molecule has 2 amide bonds. The van der Waals surface area contributed by atoms with Crippen molar-refractivity contribution in [1.82, 2.24) is 10.6 Å². The maximum absolute atomic E-state index is 11.1. The van der Waals surface area contributed by atoms with E-state index in [0.29, 0.717) is 25.9 Å². The lowest BCUT2D eigenvalue weighted by atomic mass is 9.98. The van der Waals surface area contributed by atoms with Crippen LogP contribution >= 0.6 is 0 Å². The van der Waals surface area contributed by atoms with Gasteiger partial charge < -0.3 is 15.7 Å². The lowest BCUT2D eigenvalue weighted by Crippen LogP contribution is -2.45. The predicted octanol–water partition coefficient (Wildman–Crippen LogP) is 1.25. The summed E-state index contributed by atoms with van der Waals surface area (Å²) < 4.78 is 0. The Morgan fingerprint density at radius 2 is 1.79 bits per heavy atom. The van der Waals surface area contributed by atoms with Gasteiger partial charge in [0.25, 0.3) is 0 Å². The van der Waals surface area contributed by atoms with E-state index in [2.05, 4.69) is 10.6 Å². The van der Waals surface area contributed by atoms with Crippen LogP contribution in [0.5, 0.6) is 0 Å². The number of hydrogen-bond acceptors (Lipinski definition) is 2. The van der Waals surface area contributed by atoms with Gasteiger partial charge in [-0.1, -0.05) is 20.8 Å². The van der Waals surface area contributed by atoms with E-state index < -0.39 is 5.60 Å². The lowest BCUT2D eigenvalue weighted by molar-refractivity contribution is 0.0349. The zero-order valence-corrected chi connectivity index (χ0v) is 9.39. The van der Waals surface area contributed by atoms with Crippen LogP contribution in [0, 0.1) is 0 Å². The first-order valence-electron chi connectivity index (χ1n) is 5.32. The molecule has 4 heteroatoms. The van der Waals surface area contributed by atoms with Crippen molar-refractivity contribution < 1.29 is 9.90 Å². The fourth-order valence-electron chi connectivity index (χ4n) is 1.05. The number of amides is 2. The van der Waals surface area contributed by atoms with Gasteiger partial charge in [-0.05, 0) is 19.3 Å². The molecule has 0 saturated heterocycles. The predicted molar refractivity (Wildman–Crippen MR) is 57.2 cm³/mol. The summed E-state index contributed by atoms with van der Waals surface area (Å²) in [6.45, 7) is 6.80. The summed E-state index contributed by atoms with van der Waals surface area (Å²) in [5.41, 5.74) is -0.760. The quantitative estimate of drug-likeness (QED) is 0.607. The van der Waals surface area contributed by atoms with Gasteiger partial charge in [0.2, 0.25) is 0 Å². The van der Waals surface area contributed by atoms with Gasteiger partial charge in [0.15, 0.2) is 0 Å². The number of carbonyl (C=O) groups excluding carboxylic acids is 1. The number of nitrogens with one attached hydrogen (secondary N) is 2. The van der Waals surface area contributed by atoms with Crippen LogP contribution in [0.4, 0.5) is 4.79 Å². The molecule has 0 atom stereocenters. The number of urea groups is 1. The Morgan fingerprint density at radius 3 is 2.21 bits per heavy atom. The van der Waals surface area contributed by atoms with Crippen LogP contribution in [-0.4, -0.2) is 29.8 Å². The van der Waals surface area contributed by atoms with Gasteiger partial charge in [-0.3, -0.25) is 0 Å². The van der Waals surface area contributed by atoms with Gasteiger partial charge in [-0.2, -0.15) is 0 Å². The van der Waals surface area contributed by atoms with Gasteiger partial charge in [0.1, 0.15) is 0 Å². The standard InChI is InChI=1S/C10H22N2O2/c1-4-7-11-9(13)12-8-10(14,5-2)6-3/h14H,4-8H2,1-3H3,(H2,11,12,13). The van der Waals surface area contributed by atoms with E-state index in [1.165, 1.54) is 0 Å². The fraction of sp³-hybridized carbons (Fsp3) is 0.900. The number of carbonyl (C=O) groups is 1. The van der Waals surface area contributed by atoms with Crippen LogP contribution in [-0.2, 0) is 0 Å². The highest BCUT2D eigenvalue weighted by Crippen LogP contribution is 2.12. The van der Waals surface area contributed by atoms with Gasteiger partial charge in [-0.25, -0.2) is 4.79 Å². The molecule has 0 saturated carbocycles. The maximum Gasteiger partial charge on any atom is 0.314 e. The Hall–Kier alpha value is -0.770. The number of hydrogen-bond donors (Lipinski definition) is 3. The van der Waals surface area contributed by atoms with E-state index >= 15 is 0 Å². The topological polar surface area (TPSA) is 61.4 Å². The molecule has 84 valence electrons. The molecule has 0 unspecified atom stereocenters. The molecule has 0 aromatic heterocycles. The first kappa shape index (κ1) is 13.2. The normalized spacial score (nSPS) is 11.1. The van der Waals surface area contributed by atoms with E-state index in [0.717, 1.165) is 6.42 Å². The van der Waals surface area contributed by atoms with Crippen LogP contribution in [0.25, 0.3) is 0 Å². The van der Waals surface area contributed by atoms with Crippen molar-refractivity contribution in [2.24, 2.45) is 0 Å². The van der Waals surface area contributed by atoms with Crippen LogP contribution in [0.1, 0.15) is 40.0 Å². The summed E-state index contributed by atoms with van der Waals surface area (Å²) in [5, 5.41) is 15.2. The molecule has 0 heterocycles. The second-order valence-electron chi connectivity index (χ2n) is 3.54. The molecule has 0 rings (SSSR count). The molecule has 0 radical (unpaired) electrons. The van der Waals surface area contributed by atoms with Crippen LogP contribution in [0.2, 0.25) is 0 Å². The molecule has 0 aromatic carbocycles. The Labute approximate surface area is 86.1 Å². The zero-order chi connectivity index (χ0) is 11.0. The molecule has 14 heavy (non-hydrogen) atoms. The number of rotatable bonds is 6. The highest BCUT2D eigenvalue weighted by atomic mass is 16.3. The second-order valence-corrected chi connectivity index (χ2v) is 3.54. The maximum atomic E-state index is 11.1. The van der Waals surface area contributed by atoms with Crippen molar-refractivity contribution in [2.75, 3.05) is 13.1 Å². The van der Waals surface area contributed by atoms with Crippen molar-refractivity contribution in [3.63, 3.8) is 0 Å². The summed E-state index contributed by atoms with van der Waals surface area (Å²) in [5.74, 6) is 0. The first-order chi connectivity index (χ1) is 6.58. The minimum atomic E-state index is -0.760. The zero-order valence-electron chi connectivity index (χ0n) is 9.39. The van der Waals surface area contributed by atoms with Crippen LogP contribution < -0.4 is 10.6 Å². The third-order valence-corrected chi connectivity index (χ3v) is 2.43. The fourth-order valence-corrected chi connectivity index (χ4v) is 1.05. The Bertz CT molecular complexity index is 168. The third kappa shape index (κ3) is 5.07. The van der Waals surface area contributed by atoms with E-state index in [1.807, 2.05) is 20.8 Å². The average molecular weight is 202 g/mol. The Kier molecular flexibility index (Phi) is 6.28.